The second-order valence-corrected chi connectivity index (χ2v) is 14.4. The van der Waals surface area contributed by atoms with Gasteiger partial charge in [0, 0.05) is 41.2 Å². The summed E-state index contributed by atoms with van der Waals surface area (Å²) in [5.74, 6) is -3.07. The Morgan fingerprint density at radius 3 is 2.37 bits per heavy atom. The molecule has 0 spiro atoms. The molecule has 12 heteroatoms. The van der Waals surface area contributed by atoms with Crippen LogP contribution in [0, 0.1) is 23.0 Å². The fraction of sp³-hybridized carbons (Fsp3) is 0.484. The molecular formula is C31H36Cl2F2N4O3S. The second kappa shape index (κ2) is 13.2. The van der Waals surface area contributed by atoms with Crippen LogP contribution in [0.2, 0.25) is 10.0 Å². The van der Waals surface area contributed by atoms with E-state index in [1.165, 1.54) is 24.3 Å². The third-order valence-corrected chi connectivity index (χ3v) is 9.92. The third kappa shape index (κ3) is 6.91. The topological polar surface area (TPSA) is 102 Å². The van der Waals surface area contributed by atoms with Crippen molar-refractivity contribution in [2.45, 2.75) is 82.0 Å². The summed E-state index contributed by atoms with van der Waals surface area (Å²) in [5, 5.41) is 14.0. The number of hydrogen-bond donors (Lipinski definition) is 2. The monoisotopic (exact) mass is 652 g/mol. The lowest BCUT2D eigenvalue weighted by molar-refractivity contribution is -0.127. The number of allylic oxidation sites excluding steroid dienone is 1. The molecule has 2 aromatic rings. The molecule has 232 valence electrons. The minimum Gasteiger partial charge on any atom is -0.352 e. The minimum atomic E-state index is -3.36. The molecule has 2 fully saturated rings. The molecule has 1 aliphatic carbocycles. The molecule has 43 heavy (non-hydrogen) atoms. The van der Waals surface area contributed by atoms with Gasteiger partial charge in [-0.2, -0.15) is 5.26 Å². The average molecular weight is 654 g/mol. The molecule has 0 radical (unpaired) electrons. The number of amides is 1. The molecule has 7 nitrogen and oxygen atoms in total. The molecule has 2 aromatic carbocycles. The van der Waals surface area contributed by atoms with Crippen LogP contribution in [0.25, 0.3) is 0 Å². The van der Waals surface area contributed by atoms with Crippen molar-refractivity contribution in [1.29, 1.82) is 5.26 Å². The van der Waals surface area contributed by atoms with E-state index < -0.39 is 51.0 Å². The van der Waals surface area contributed by atoms with Gasteiger partial charge in [0.2, 0.25) is 15.9 Å². The van der Waals surface area contributed by atoms with E-state index in [0.29, 0.717) is 25.7 Å². The number of halogens is 4. The number of rotatable bonds is 8. The van der Waals surface area contributed by atoms with E-state index in [2.05, 4.69) is 16.1 Å². The summed E-state index contributed by atoms with van der Waals surface area (Å²) in [7, 11) is -3.36. The maximum atomic E-state index is 15.9. The first kappa shape index (κ1) is 33.3. The third-order valence-electron chi connectivity index (χ3n) is 8.63. The molecule has 4 rings (SSSR count). The Balaban J connectivity index is 1.83. The number of nitrogens with one attached hydrogen (secondary N) is 2. The van der Waals surface area contributed by atoms with Gasteiger partial charge in [-0.1, -0.05) is 53.1 Å². The van der Waals surface area contributed by atoms with Crippen LogP contribution in [0.4, 0.5) is 8.78 Å². The zero-order chi connectivity index (χ0) is 31.7. The predicted molar refractivity (Wildman–Crippen MR) is 164 cm³/mol. The largest absolute Gasteiger partial charge is 0.352 e. The summed E-state index contributed by atoms with van der Waals surface area (Å²) in [6.45, 7) is 5.82. The van der Waals surface area contributed by atoms with Gasteiger partial charge in [0.05, 0.1) is 23.4 Å². The summed E-state index contributed by atoms with van der Waals surface area (Å²) in [6, 6.07) is 8.49. The van der Waals surface area contributed by atoms with Gasteiger partial charge in [-0.25, -0.2) is 21.9 Å². The number of hydrogen-bond acceptors (Lipinski definition) is 5. The van der Waals surface area contributed by atoms with Crippen molar-refractivity contribution in [1.82, 2.24) is 14.9 Å². The molecule has 2 N–H and O–H groups in total. The van der Waals surface area contributed by atoms with Gasteiger partial charge >= 0.3 is 0 Å². The van der Waals surface area contributed by atoms with E-state index in [4.69, 9.17) is 23.2 Å². The molecule has 1 saturated heterocycles. The van der Waals surface area contributed by atoms with E-state index in [0.717, 1.165) is 17.9 Å². The van der Waals surface area contributed by atoms with Crippen LogP contribution in [-0.2, 0) is 20.2 Å². The van der Waals surface area contributed by atoms with E-state index in [1.54, 1.807) is 13.0 Å². The first-order valence-corrected chi connectivity index (χ1v) is 16.8. The average Bonchev–Trinajstić information content (AvgIpc) is 3.17. The van der Waals surface area contributed by atoms with Gasteiger partial charge in [0.15, 0.2) is 0 Å². The number of nitrogens with zero attached hydrogens (tertiary/aromatic N) is 2. The van der Waals surface area contributed by atoms with Crippen molar-refractivity contribution >= 4 is 39.1 Å². The van der Waals surface area contributed by atoms with Crippen LogP contribution in [0.5, 0.6) is 0 Å². The van der Waals surface area contributed by atoms with Crippen LogP contribution in [0.15, 0.2) is 48.0 Å². The van der Waals surface area contributed by atoms with Crippen LogP contribution in [0.3, 0.4) is 0 Å². The lowest BCUT2D eigenvalue weighted by Crippen LogP contribution is -2.51. The Morgan fingerprint density at radius 1 is 1.14 bits per heavy atom. The maximum absolute atomic E-state index is 15.9. The van der Waals surface area contributed by atoms with Crippen molar-refractivity contribution in [2.24, 2.45) is 0 Å². The predicted octanol–water partition coefficient (Wildman–Crippen LogP) is 5.83. The Hall–Kier alpha value is -2.55. The van der Waals surface area contributed by atoms with Crippen molar-refractivity contribution in [3.8, 4) is 6.07 Å². The Bertz CT molecular complexity index is 1550. The Labute approximate surface area is 262 Å². The van der Waals surface area contributed by atoms with Gasteiger partial charge in [-0.3, -0.25) is 9.69 Å². The van der Waals surface area contributed by atoms with Crippen LogP contribution >= 0.6 is 23.2 Å². The standard InChI is InChI=1S/C31H36Cl2F2N4O3S/c1-18(2)14-15-39-19(3)31(17-36,24-13-8-20(32)16-26(24)34)27(23-6-5-7-25(33)28(23)35)29(39)30(40)37-21-9-11-22(12-10-21)38-43(4,41)42/h5-8,13-14,16,19,21-22,27,29,38H,9-12,15H2,1-4H3,(H,37,40)/t19?,21?,22?,27-,29+,31+/m0/s1. The van der Waals surface area contributed by atoms with E-state index in [-0.39, 0.29) is 39.8 Å². The molecule has 1 saturated carbocycles. The van der Waals surface area contributed by atoms with Crippen LogP contribution < -0.4 is 10.0 Å². The number of nitriles is 1. The highest BCUT2D eigenvalue weighted by atomic mass is 35.5. The summed E-state index contributed by atoms with van der Waals surface area (Å²) in [5.41, 5.74) is -0.674. The van der Waals surface area contributed by atoms with Gasteiger partial charge in [-0.15, -0.1) is 0 Å². The quantitative estimate of drug-likeness (QED) is 0.349. The first-order chi connectivity index (χ1) is 20.2. The number of benzene rings is 2. The zero-order valence-electron chi connectivity index (χ0n) is 24.5. The summed E-state index contributed by atoms with van der Waals surface area (Å²) in [6.07, 6.45) is 5.15. The fourth-order valence-electron chi connectivity index (χ4n) is 6.63. The second-order valence-electron chi connectivity index (χ2n) is 11.8. The molecule has 1 heterocycles. The van der Waals surface area contributed by atoms with E-state index >= 15 is 8.78 Å². The summed E-state index contributed by atoms with van der Waals surface area (Å²) < 4.78 is 57.6. The molecule has 1 unspecified atom stereocenters. The highest BCUT2D eigenvalue weighted by Crippen LogP contribution is 2.54. The van der Waals surface area contributed by atoms with E-state index in [1.807, 2.05) is 24.8 Å². The number of sulfonamides is 1. The molecule has 1 aliphatic heterocycles. The SMILES string of the molecule is CC(C)=CCN1C(C)[C@](C#N)(c2ccc(Cl)cc2F)[C@@H](c2cccc(Cl)c2F)[C@@H]1C(=O)NC1CCC(NS(C)(=O)=O)CC1. The van der Waals surface area contributed by atoms with Gasteiger partial charge in [0.1, 0.15) is 17.0 Å². The first-order valence-electron chi connectivity index (χ1n) is 14.2. The van der Waals surface area contributed by atoms with Crippen LogP contribution in [0.1, 0.15) is 63.5 Å². The van der Waals surface area contributed by atoms with Crippen molar-refractivity contribution in [3.05, 3.63) is 80.9 Å². The van der Waals surface area contributed by atoms with Crippen molar-refractivity contribution in [2.75, 3.05) is 12.8 Å². The molecule has 0 aromatic heterocycles. The zero-order valence-corrected chi connectivity index (χ0v) is 26.8. The van der Waals surface area contributed by atoms with Crippen LogP contribution in [-0.4, -0.2) is 56.2 Å². The highest BCUT2D eigenvalue weighted by molar-refractivity contribution is 7.88. The molecular weight excluding hydrogens is 617 g/mol. The summed E-state index contributed by atoms with van der Waals surface area (Å²) >= 11 is 12.3. The number of carbonyl (C=O) groups excluding carboxylic acids is 1. The van der Waals surface area contributed by atoms with Crippen molar-refractivity contribution in [3.63, 3.8) is 0 Å². The Morgan fingerprint density at radius 2 is 1.79 bits per heavy atom. The normalized spacial score (nSPS) is 27.8. The molecule has 2 aliphatic rings. The molecule has 0 bridgehead atoms. The Kier molecular flexibility index (Phi) is 10.2. The van der Waals surface area contributed by atoms with Crippen molar-refractivity contribution < 1.29 is 22.0 Å². The molecule has 4 atom stereocenters. The minimum absolute atomic E-state index is 0.0149. The van der Waals surface area contributed by atoms with Gasteiger partial charge in [0.25, 0.3) is 0 Å². The number of carbonyl (C=O) groups is 1. The number of likely N-dealkylation sites (tertiary alicyclic amines) is 1. The smallest absolute Gasteiger partial charge is 0.238 e. The van der Waals surface area contributed by atoms with Gasteiger partial charge < -0.3 is 5.32 Å². The molecule has 1 amide bonds. The lowest BCUT2D eigenvalue weighted by Gasteiger charge is -2.34. The fourth-order valence-corrected chi connectivity index (χ4v) is 7.81. The maximum Gasteiger partial charge on any atom is 0.238 e. The highest BCUT2D eigenvalue weighted by Gasteiger charge is 2.63. The summed E-state index contributed by atoms with van der Waals surface area (Å²) in [4.78, 5) is 16.1. The van der Waals surface area contributed by atoms with Gasteiger partial charge in [-0.05, 0) is 70.2 Å². The van der Waals surface area contributed by atoms with E-state index in [9.17, 15) is 18.5 Å². The lowest BCUT2D eigenvalue weighted by atomic mass is 9.65.